The molecule has 0 heterocycles. The number of guanidine groups is 1. The maximum absolute atomic E-state index is 12.0. The van der Waals surface area contributed by atoms with Gasteiger partial charge in [-0.1, -0.05) is 19.9 Å². The molecule has 0 aliphatic heterocycles. The lowest BCUT2D eigenvalue weighted by Crippen LogP contribution is -2.34. The van der Waals surface area contributed by atoms with Crippen molar-refractivity contribution in [3.8, 4) is 0 Å². The molecule has 0 fully saturated rings. The molecule has 6 nitrogen and oxygen atoms in total. The van der Waals surface area contributed by atoms with Crippen molar-refractivity contribution in [3.63, 3.8) is 0 Å². The highest BCUT2D eigenvalue weighted by Crippen LogP contribution is 2.13. The Morgan fingerprint density at radius 2 is 1.70 bits per heavy atom. The van der Waals surface area contributed by atoms with Gasteiger partial charge in [-0.2, -0.15) is 0 Å². The topological polar surface area (TPSA) is 87.8 Å². The van der Waals surface area contributed by atoms with Crippen LogP contribution in [0.15, 0.2) is 23.2 Å². The normalized spacial score (nSPS) is 12.1. The van der Waals surface area contributed by atoms with Gasteiger partial charge in [-0.05, 0) is 37.1 Å². The lowest BCUT2D eigenvalue weighted by molar-refractivity contribution is 0.445. The van der Waals surface area contributed by atoms with Crippen LogP contribution < -0.4 is 11.1 Å². The van der Waals surface area contributed by atoms with E-state index >= 15 is 0 Å². The van der Waals surface area contributed by atoms with E-state index < -0.39 is 10.0 Å². The molecule has 0 aliphatic rings. The summed E-state index contributed by atoms with van der Waals surface area (Å²) in [4.78, 5) is 4.09. The average molecular weight is 454 g/mol. The Balaban J connectivity index is 0.00000484. The summed E-state index contributed by atoms with van der Waals surface area (Å²) in [6.45, 7) is 8.73. The van der Waals surface area contributed by atoms with Crippen LogP contribution in [0.1, 0.15) is 25.0 Å². The molecular weight excluding hydrogens is 427 g/mol. The highest BCUT2D eigenvalue weighted by molar-refractivity contribution is 14.0. The fourth-order valence-corrected chi connectivity index (χ4v) is 3.63. The van der Waals surface area contributed by atoms with Crippen molar-refractivity contribution in [2.45, 2.75) is 27.7 Å². The number of aliphatic imine (C=N–C) groups is 1. The van der Waals surface area contributed by atoms with E-state index in [0.29, 0.717) is 13.1 Å². The minimum Gasteiger partial charge on any atom is -0.370 e. The molecule has 23 heavy (non-hydrogen) atoms. The number of anilines is 1. The molecule has 0 spiro atoms. The number of sulfonamides is 1. The van der Waals surface area contributed by atoms with Crippen LogP contribution in [0.2, 0.25) is 0 Å². The van der Waals surface area contributed by atoms with Crippen LogP contribution in [0.25, 0.3) is 0 Å². The Morgan fingerprint density at radius 3 is 2.17 bits per heavy atom. The Bertz CT molecular complexity index is 608. The number of rotatable bonds is 7. The largest absolute Gasteiger partial charge is 0.370 e. The number of aryl methyl sites for hydroxylation is 2. The van der Waals surface area contributed by atoms with Crippen molar-refractivity contribution < 1.29 is 8.42 Å². The molecular formula is C15H27IN4O2S. The average Bonchev–Trinajstić information content (AvgIpc) is 2.37. The van der Waals surface area contributed by atoms with Crippen LogP contribution in [0.4, 0.5) is 5.69 Å². The molecule has 0 bridgehead atoms. The first-order valence-electron chi connectivity index (χ1n) is 7.41. The van der Waals surface area contributed by atoms with E-state index in [1.165, 1.54) is 4.31 Å². The molecule has 0 saturated heterocycles. The van der Waals surface area contributed by atoms with Gasteiger partial charge in [0.05, 0.1) is 12.3 Å². The van der Waals surface area contributed by atoms with E-state index in [0.717, 1.165) is 16.8 Å². The number of nitrogens with zero attached hydrogens (tertiary/aromatic N) is 2. The van der Waals surface area contributed by atoms with Gasteiger partial charge in [0.2, 0.25) is 10.0 Å². The Hall–Kier alpha value is -0.870. The summed E-state index contributed by atoms with van der Waals surface area (Å²) in [7, 11) is -3.26. The minimum atomic E-state index is -3.26. The quantitative estimate of drug-likeness (QED) is 0.376. The third-order valence-corrected chi connectivity index (χ3v) is 5.23. The number of halogens is 1. The molecule has 8 heteroatoms. The summed E-state index contributed by atoms with van der Waals surface area (Å²) < 4.78 is 25.5. The minimum absolute atomic E-state index is 0. The first kappa shape index (κ1) is 22.1. The molecule has 132 valence electrons. The van der Waals surface area contributed by atoms with Gasteiger partial charge in [0.1, 0.15) is 0 Å². The second kappa shape index (κ2) is 10.1. The summed E-state index contributed by atoms with van der Waals surface area (Å²) in [5.74, 6) is 0.184. The zero-order valence-electron chi connectivity index (χ0n) is 14.2. The van der Waals surface area contributed by atoms with E-state index in [2.05, 4.69) is 16.4 Å². The van der Waals surface area contributed by atoms with Gasteiger partial charge in [0.25, 0.3) is 0 Å². The van der Waals surface area contributed by atoms with E-state index in [4.69, 9.17) is 5.73 Å². The predicted octanol–water partition coefficient (Wildman–Crippen LogP) is 2.32. The van der Waals surface area contributed by atoms with Gasteiger partial charge in [-0.15, -0.1) is 24.0 Å². The molecule has 1 rings (SSSR count). The SMILES string of the molecule is CCN(CC)S(=O)(=O)CCN=C(N)Nc1cc(C)cc(C)c1.I. The fraction of sp³-hybridized carbons (Fsp3) is 0.533. The van der Waals surface area contributed by atoms with Crippen LogP contribution in [-0.4, -0.2) is 44.1 Å². The van der Waals surface area contributed by atoms with E-state index in [1.54, 1.807) is 0 Å². The smallest absolute Gasteiger partial charge is 0.215 e. The van der Waals surface area contributed by atoms with Crippen LogP contribution in [-0.2, 0) is 10.0 Å². The molecule has 0 radical (unpaired) electrons. The second-order valence-electron chi connectivity index (χ2n) is 5.17. The number of hydrogen-bond acceptors (Lipinski definition) is 3. The van der Waals surface area contributed by atoms with Crippen molar-refractivity contribution >= 4 is 45.6 Å². The second-order valence-corrected chi connectivity index (χ2v) is 7.26. The molecule has 3 N–H and O–H groups in total. The molecule has 1 aromatic rings. The Morgan fingerprint density at radius 1 is 1.17 bits per heavy atom. The van der Waals surface area contributed by atoms with Gasteiger partial charge >= 0.3 is 0 Å². The Kier molecular flexibility index (Phi) is 9.71. The maximum Gasteiger partial charge on any atom is 0.215 e. The first-order chi connectivity index (χ1) is 10.3. The molecule has 0 amide bonds. The van der Waals surface area contributed by atoms with Crippen LogP contribution >= 0.6 is 24.0 Å². The van der Waals surface area contributed by atoms with Gasteiger partial charge in [-0.3, -0.25) is 4.99 Å². The van der Waals surface area contributed by atoms with Gasteiger partial charge in [-0.25, -0.2) is 12.7 Å². The Labute approximate surface area is 156 Å². The molecule has 0 unspecified atom stereocenters. The van der Waals surface area contributed by atoms with Crippen molar-refractivity contribution in [2.75, 3.05) is 30.7 Å². The van der Waals surface area contributed by atoms with Crippen LogP contribution in [0.3, 0.4) is 0 Å². The van der Waals surface area contributed by atoms with Gasteiger partial charge in [0.15, 0.2) is 5.96 Å². The predicted molar refractivity (Wildman–Crippen MR) is 108 cm³/mol. The van der Waals surface area contributed by atoms with Crippen molar-refractivity contribution in [1.82, 2.24) is 4.31 Å². The van der Waals surface area contributed by atoms with Crippen molar-refractivity contribution in [3.05, 3.63) is 29.3 Å². The van der Waals surface area contributed by atoms with Crippen molar-refractivity contribution in [1.29, 1.82) is 0 Å². The maximum atomic E-state index is 12.0. The molecule has 0 saturated carbocycles. The first-order valence-corrected chi connectivity index (χ1v) is 9.02. The lowest BCUT2D eigenvalue weighted by atomic mass is 10.1. The van der Waals surface area contributed by atoms with Crippen molar-refractivity contribution in [2.24, 2.45) is 10.7 Å². The summed E-state index contributed by atoms with van der Waals surface area (Å²) in [5.41, 5.74) is 8.91. The molecule has 0 aliphatic carbocycles. The molecule has 1 aromatic carbocycles. The van der Waals surface area contributed by atoms with E-state index in [-0.39, 0.29) is 42.2 Å². The van der Waals surface area contributed by atoms with Gasteiger partial charge in [0, 0.05) is 18.8 Å². The number of hydrogen-bond donors (Lipinski definition) is 2. The van der Waals surface area contributed by atoms with E-state index in [9.17, 15) is 8.42 Å². The summed E-state index contributed by atoms with van der Waals surface area (Å²) in [6, 6.07) is 5.99. The molecule has 0 atom stereocenters. The summed E-state index contributed by atoms with van der Waals surface area (Å²) in [6.07, 6.45) is 0. The highest BCUT2D eigenvalue weighted by Gasteiger charge is 2.17. The third kappa shape index (κ3) is 7.49. The lowest BCUT2D eigenvalue weighted by Gasteiger charge is -2.17. The van der Waals surface area contributed by atoms with Crippen LogP contribution in [0.5, 0.6) is 0 Å². The standard InChI is InChI=1S/C15H26N4O2S.HI/c1-5-19(6-2)22(20,21)8-7-17-15(16)18-14-10-12(3)9-13(4)11-14;/h9-11H,5-8H2,1-4H3,(H3,16,17,18);1H. The highest BCUT2D eigenvalue weighted by atomic mass is 127. The summed E-state index contributed by atoms with van der Waals surface area (Å²) in [5, 5.41) is 2.99. The number of nitrogens with one attached hydrogen (secondary N) is 1. The van der Waals surface area contributed by atoms with E-state index in [1.807, 2.05) is 39.8 Å². The summed E-state index contributed by atoms with van der Waals surface area (Å²) >= 11 is 0. The number of nitrogens with two attached hydrogens (primary N) is 1. The van der Waals surface area contributed by atoms with Gasteiger partial charge < -0.3 is 11.1 Å². The molecule has 0 aromatic heterocycles. The fourth-order valence-electron chi connectivity index (χ4n) is 2.26. The number of benzene rings is 1. The zero-order valence-corrected chi connectivity index (χ0v) is 17.3. The monoisotopic (exact) mass is 454 g/mol. The van der Waals surface area contributed by atoms with Crippen LogP contribution in [0, 0.1) is 13.8 Å². The zero-order chi connectivity index (χ0) is 16.8. The third-order valence-electron chi connectivity index (χ3n) is 3.22.